The Morgan fingerprint density at radius 2 is 1.85 bits per heavy atom. The first-order valence-corrected chi connectivity index (χ1v) is 15.9. The van der Waals surface area contributed by atoms with Crippen LogP contribution in [-0.2, 0) is 22.3 Å². The van der Waals surface area contributed by atoms with Gasteiger partial charge < -0.3 is 24.3 Å². The first kappa shape index (κ1) is 34.5. The van der Waals surface area contributed by atoms with Crippen molar-refractivity contribution < 1.29 is 36.6 Å². The molecule has 254 valence electrons. The van der Waals surface area contributed by atoms with Crippen LogP contribution in [0.25, 0.3) is 10.9 Å². The molecule has 1 saturated carbocycles. The van der Waals surface area contributed by atoms with E-state index in [0.29, 0.717) is 25.0 Å². The highest BCUT2D eigenvalue weighted by atomic mass is 35.5. The third-order valence-corrected chi connectivity index (χ3v) is 8.99. The van der Waals surface area contributed by atoms with Crippen LogP contribution in [0.4, 0.5) is 23.2 Å². The van der Waals surface area contributed by atoms with Gasteiger partial charge in [-0.3, -0.25) is 19.3 Å². The quantitative estimate of drug-likeness (QED) is 0.209. The fourth-order valence-electron chi connectivity index (χ4n) is 6.38. The third kappa shape index (κ3) is 7.06. The minimum absolute atomic E-state index is 0.0776. The highest BCUT2D eigenvalue weighted by Crippen LogP contribution is 2.44. The van der Waals surface area contributed by atoms with E-state index >= 15 is 4.39 Å². The molecule has 2 heterocycles. The van der Waals surface area contributed by atoms with Gasteiger partial charge in [0, 0.05) is 49.0 Å². The number of hydrogen-bond acceptors (Lipinski definition) is 7. The molecule has 1 aromatic heterocycles. The number of rotatable bonds is 10. The molecule has 1 N–H and O–H groups in total. The van der Waals surface area contributed by atoms with Crippen LogP contribution in [0.2, 0.25) is 5.02 Å². The third-order valence-electron chi connectivity index (χ3n) is 8.76. The molecule has 0 unspecified atom stereocenters. The molecular weight excluding hydrogens is 644 g/mol. The number of amides is 1. The Kier molecular flexibility index (Phi) is 10.1. The second kappa shape index (κ2) is 13.7. The molecule has 2 aromatic carbocycles. The Balaban J connectivity index is 1.52. The Morgan fingerprint density at radius 1 is 1.13 bits per heavy atom. The number of esters is 1. The summed E-state index contributed by atoms with van der Waals surface area (Å²) in [5.74, 6) is -1.80. The summed E-state index contributed by atoms with van der Waals surface area (Å²) < 4.78 is 69.7. The van der Waals surface area contributed by atoms with Gasteiger partial charge in [0.1, 0.15) is 11.3 Å². The fraction of sp³-hybridized carbons (Fsp3) is 0.485. The first-order valence-electron chi connectivity index (χ1n) is 15.5. The SMILES string of the molecule is CCOC(=O)CN1[C@H](CC)CN(c2c(F)cc3c(=O)c(C(=O)NCc4ccc(Cl)cc4C(F)(F)F)cn(C4CC4)c3c2OC)C[C@@H]1C. The van der Waals surface area contributed by atoms with Gasteiger partial charge in [0.05, 0.1) is 36.7 Å². The predicted molar refractivity (Wildman–Crippen MR) is 170 cm³/mol. The number of alkyl halides is 3. The van der Waals surface area contributed by atoms with Crippen LogP contribution in [-0.4, -0.2) is 66.8 Å². The van der Waals surface area contributed by atoms with Crippen LogP contribution >= 0.6 is 11.6 Å². The number of nitrogens with one attached hydrogen (secondary N) is 1. The van der Waals surface area contributed by atoms with Gasteiger partial charge in [0.2, 0.25) is 5.43 Å². The van der Waals surface area contributed by atoms with Crippen molar-refractivity contribution in [1.29, 1.82) is 0 Å². The van der Waals surface area contributed by atoms with Crippen molar-refractivity contribution in [3.05, 3.63) is 68.2 Å². The van der Waals surface area contributed by atoms with Gasteiger partial charge in [0.15, 0.2) is 11.6 Å². The van der Waals surface area contributed by atoms with Crippen molar-refractivity contribution >= 4 is 40.1 Å². The molecule has 2 aliphatic rings. The zero-order valence-electron chi connectivity index (χ0n) is 26.5. The Bertz CT molecular complexity index is 1740. The molecule has 2 atom stereocenters. The predicted octanol–water partition coefficient (Wildman–Crippen LogP) is 5.94. The standard InChI is InChI=1S/C33H37ClF4N4O5/c1-5-21-15-40(14-18(3)41(21)17-27(43)47-6-2)29-26(35)12-23-28(31(29)46-4)42(22-9-10-22)16-24(30(23)44)32(45)39-13-19-7-8-20(34)11-25(19)33(36,37)38/h7-8,11-12,16,18,21-22H,5-6,9-10,13-15,17H2,1-4H3,(H,39,45)/t18-,21+/m0/s1. The number of piperazine rings is 1. The molecule has 1 aliphatic heterocycles. The summed E-state index contributed by atoms with van der Waals surface area (Å²) in [5, 5.41) is 2.23. The molecule has 0 bridgehead atoms. The zero-order chi connectivity index (χ0) is 34.2. The van der Waals surface area contributed by atoms with E-state index in [-0.39, 0.29) is 70.2 Å². The summed E-state index contributed by atoms with van der Waals surface area (Å²) in [7, 11) is 1.39. The average Bonchev–Trinajstić information content (AvgIpc) is 3.86. The van der Waals surface area contributed by atoms with Gasteiger partial charge in [-0.05, 0) is 56.9 Å². The van der Waals surface area contributed by atoms with Crippen molar-refractivity contribution in [2.75, 3.05) is 38.3 Å². The zero-order valence-corrected chi connectivity index (χ0v) is 27.3. The smallest absolute Gasteiger partial charge is 0.416 e. The summed E-state index contributed by atoms with van der Waals surface area (Å²) >= 11 is 5.77. The molecule has 1 aliphatic carbocycles. The maximum absolute atomic E-state index is 16.2. The molecule has 0 spiro atoms. The molecule has 1 amide bonds. The monoisotopic (exact) mass is 680 g/mol. The number of methoxy groups -OCH3 is 1. The van der Waals surface area contributed by atoms with E-state index in [1.807, 2.05) is 23.6 Å². The van der Waals surface area contributed by atoms with Crippen LogP contribution in [0, 0.1) is 5.82 Å². The van der Waals surface area contributed by atoms with E-state index in [0.717, 1.165) is 31.0 Å². The number of nitrogens with zero attached hydrogens (tertiary/aromatic N) is 3. The van der Waals surface area contributed by atoms with Crippen molar-refractivity contribution in [3.63, 3.8) is 0 Å². The van der Waals surface area contributed by atoms with E-state index in [9.17, 15) is 27.6 Å². The lowest BCUT2D eigenvalue weighted by molar-refractivity contribution is -0.146. The van der Waals surface area contributed by atoms with Gasteiger partial charge in [0.25, 0.3) is 5.91 Å². The molecule has 3 aromatic rings. The number of carbonyl (C=O) groups excluding carboxylic acids is 2. The lowest BCUT2D eigenvalue weighted by atomic mass is 10.0. The number of carbonyl (C=O) groups is 2. The molecule has 2 fully saturated rings. The van der Waals surface area contributed by atoms with Crippen molar-refractivity contribution in [3.8, 4) is 5.75 Å². The fourth-order valence-corrected chi connectivity index (χ4v) is 6.55. The average molecular weight is 681 g/mol. The highest BCUT2D eigenvalue weighted by molar-refractivity contribution is 6.30. The molecule has 14 heteroatoms. The maximum Gasteiger partial charge on any atom is 0.416 e. The van der Waals surface area contributed by atoms with Crippen molar-refractivity contribution in [2.45, 2.75) is 70.9 Å². The molecule has 0 radical (unpaired) electrons. The highest BCUT2D eigenvalue weighted by Gasteiger charge is 2.37. The second-order valence-corrected chi connectivity index (χ2v) is 12.4. The normalized spacial score (nSPS) is 18.8. The first-order chi connectivity index (χ1) is 22.3. The number of benzene rings is 2. The van der Waals surface area contributed by atoms with Crippen molar-refractivity contribution in [2.24, 2.45) is 0 Å². The van der Waals surface area contributed by atoms with Gasteiger partial charge in [-0.1, -0.05) is 24.6 Å². The Labute approximate surface area is 274 Å². The van der Waals surface area contributed by atoms with Gasteiger partial charge in [-0.15, -0.1) is 0 Å². The van der Waals surface area contributed by atoms with Crippen LogP contribution in [0.3, 0.4) is 0 Å². The van der Waals surface area contributed by atoms with Gasteiger partial charge in [-0.2, -0.15) is 13.2 Å². The minimum atomic E-state index is -4.71. The van der Waals surface area contributed by atoms with Crippen LogP contribution in [0.5, 0.6) is 5.75 Å². The van der Waals surface area contributed by atoms with E-state index in [1.165, 1.54) is 19.4 Å². The maximum atomic E-state index is 16.2. The van der Waals surface area contributed by atoms with Crippen LogP contribution in [0.15, 0.2) is 35.3 Å². The number of pyridine rings is 1. The Morgan fingerprint density at radius 3 is 2.47 bits per heavy atom. The van der Waals surface area contributed by atoms with Crippen LogP contribution in [0.1, 0.15) is 67.6 Å². The number of aromatic nitrogens is 1. The van der Waals surface area contributed by atoms with Crippen LogP contribution < -0.4 is 20.4 Å². The molecule has 1 saturated heterocycles. The summed E-state index contributed by atoms with van der Waals surface area (Å²) in [4.78, 5) is 43.3. The molecule has 9 nitrogen and oxygen atoms in total. The van der Waals surface area contributed by atoms with Crippen molar-refractivity contribution in [1.82, 2.24) is 14.8 Å². The topological polar surface area (TPSA) is 93.1 Å². The van der Waals surface area contributed by atoms with E-state index in [1.54, 1.807) is 11.5 Å². The number of fused-ring (bicyclic) bond motifs is 1. The van der Waals surface area contributed by atoms with E-state index in [2.05, 4.69) is 5.32 Å². The van der Waals surface area contributed by atoms with Gasteiger partial charge >= 0.3 is 12.1 Å². The van der Waals surface area contributed by atoms with E-state index in [4.69, 9.17) is 21.1 Å². The number of ether oxygens (including phenoxy) is 2. The lowest BCUT2D eigenvalue weighted by Gasteiger charge is -2.46. The molecule has 47 heavy (non-hydrogen) atoms. The number of halogens is 5. The largest absolute Gasteiger partial charge is 0.492 e. The minimum Gasteiger partial charge on any atom is -0.492 e. The number of hydrogen-bond donors (Lipinski definition) is 1. The Hall–Kier alpha value is -3.84. The summed E-state index contributed by atoms with van der Waals surface area (Å²) in [6, 6.07) is 3.99. The lowest BCUT2D eigenvalue weighted by Crippen LogP contribution is -2.59. The molecule has 5 rings (SSSR count). The second-order valence-electron chi connectivity index (χ2n) is 11.9. The summed E-state index contributed by atoms with van der Waals surface area (Å²) in [6.07, 6.45) is -1.15. The number of anilines is 1. The summed E-state index contributed by atoms with van der Waals surface area (Å²) in [6.45, 7) is 6.31. The molecular formula is C33H37ClF4N4O5. The van der Waals surface area contributed by atoms with Gasteiger partial charge in [-0.25, -0.2) is 4.39 Å². The van der Waals surface area contributed by atoms with E-state index < -0.39 is 35.4 Å². The summed E-state index contributed by atoms with van der Waals surface area (Å²) in [5.41, 5.74) is -1.82.